The van der Waals surface area contributed by atoms with Crippen LogP contribution >= 0.6 is 11.6 Å². The van der Waals surface area contributed by atoms with Gasteiger partial charge < -0.3 is 11.1 Å². The van der Waals surface area contributed by atoms with Crippen molar-refractivity contribution in [1.29, 1.82) is 0 Å². The summed E-state index contributed by atoms with van der Waals surface area (Å²) in [5.74, 6) is -0.232. The average molecular weight is 245 g/mol. The van der Waals surface area contributed by atoms with Gasteiger partial charge in [0.15, 0.2) is 0 Å². The topological polar surface area (TPSA) is 38.0 Å². The van der Waals surface area contributed by atoms with Crippen LogP contribution in [-0.4, -0.2) is 12.1 Å². The summed E-state index contributed by atoms with van der Waals surface area (Å²) < 4.78 is 13.3. The number of benzene rings is 1. The lowest BCUT2D eigenvalue weighted by molar-refractivity contribution is 0.453. The van der Waals surface area contributed by atoms with Gasteiger partial charge in [-0.3, -0.25) is 0 Å². The second kappa shape index (κ2) is 5.62. The van der Waals surface area contributed by atoms with E-state index in [0.29, 0.717) is 17.1 Å². The van der Waals surface area contributed by atoms with E-state index >= 15 is 0 Å². The summed E-state index contributed by atoms with van der Waals surface area (Å²) in [5.41, 5.74) is 6.22. The van der Waals surface area contributed by atoms with Gasteiger partial charge in [-0.2, -0.15) is 0 Å². The van der Waals surface area contributed by atoms with Crippen molar-refractivity contribution in [3.8, 4) is 0 Å². The first-order chi connectivity index (χ1) is 7.38. The summed E-state index contributed by atoms with van der Waals surface area (Å²) >= 11 is 5.79. The Bertz CT molecular complexity index is 347. The number of hydrogen-bond donors (Lipinski definition) is 2. The van der Waals surface area contributed by atoms with Crippen LogP contribution in [0.25, 0.3) is 0 Å². The fourth-order valence-electron chi connectivity index (χ4n) is 1.31. The molecule has 0 bridgehead atoms. The van der Waals surface area contributed by atoms with E-state index in [0.717, 1.165) is 13.0 Å². The molecule has 4 heteroatoms. The summed E-state index contributed by atoms with van der Waals surface area (Å²) in [6, 6.07) is 4.56. The van der Waals surface area contributed by atoms with Crippen molar-refractivity contribution in [2.45, 2.75) is 32.4 Å². The van der Waals surface area contributed by atoms with Crippen LogP contribution < -0.4 is 11.1 Å². The monoisotopic (exact) mass is 244 g/mol. The third-order valence-electron chi connectivity index (χ3n) is 2.27. The van der Waals surface area contributed by atoms with Crippen LogP contribution in [0.2, 0.25) is 5.02 Å². The summed E-state index contributed by atoms with van der Waals surface area (Å²) in [6.07, 6.45) is 0.842. The number of rotatable bonds is 5. The average Bonchev–Trinajstić information content (AvgIpc) is 2.16. The van der Waals surface area contributed by atoms with Gasteiger partial charge in [0.1, 0.15) is 5.82 Å². The van der Waals surface area contributed by atoms with Crippen LogP contribution in [0.15, 0.2) is 18.2 Å². The molecule has 0 aliphatic heterocycles. The molecule has 0 spiro atoms. The Hall–Kier alpha value is -0.640. The van der Waals surface area contributed by atoms with Crippen LogP contribution in [0.4, 0.5) is 4.39 Å². The molecule has 1 aromatic rings. The van der Waals surface area contributed by atoms with E-state index in [2.05, 4.69) is 5.32 Å². The van der Waals surface area contributed by atoms with Gasteiger partial charge in [0.25, 0.3) is 0 Å². The standard InChI is InChI=1S/C12H18ClFN2/c1-12(2,15)5-6-16-8-9-7-10(13)3-4-11(9)14/h3-4,7,16H,5-6,8,15H2,1-2H3. The van der Waals surface area contributed by atoms with Crippen LogP contribution in [0, 0.1) is 5.82 Å². The maximum Gasteiger partial charge on any atom is 0.127 e. The van der Waals surface area contributed by atoms with E-state index < -0.39 is 0 Å². The van der Waals surface area contributed by atoms with Gasteiger partial charge in [-0.15, -0.1) is 0 Å². The molecule has 0 aromatic heterocycles. The zero-order valence-electron chi connectivity index (χ0n) is 9.69. The summed E-state index contributed by atoms with van der Waals surface area (Å²) in [6.45, 7) is 5.17. The van der Waals surface area contributed by atoms with Crippen molar-refractivity contribution >= 4 is 11.6 Å². The molecular weight excluding hydrogens is 227 g/mol. The zero-order valence-corrected chi connectivity index (χ0v) is 10.4. The number of hydrogen-bond acceptors (Lipinski definition) is 2. The van der Waals surface area contributed by atoms with Gasteiger partial charge in [0.05, 0.1) is 0 Å². The van der Waals surface area contributed by atoms with Crippen molar-refractivity contribution in [3.63, 3.8) is 0 Å². The second-order valence-corrected chi connectivity index (χ2v) is 5.09. The second-order valence-electron chi connectivity index (χ2n) is 4.65. The maximum absolute atomic E-state index is 13.3. The summed E-state index contributed by atoms with van der Waals surface area (Å²) in [7, 11) is 0. The minimum atomic E-state index is -0.232. The number of halogens is 2. The van der Waals surface area contributed by atoms with E-state index in [1.54, 1.807) is 12.1 Å². The smallest absolute Gasteiger partial charge is 0.127 e. The molecule has 0 aliphatic carbocycles. The van der Waals surface area contributed by atoms with Crippen molar-refractivity contribution < 1.29 is 4.39 Å². The van der Waals surface area contributed by atoms with Gasteiger partial charge in [0, 0.05) is 22.7 Å². The molecule has 90 valence electrons. The molecule has 0 aliphatic rings. The van der Waals surface area contributed by atoms with Crippen molar-refractivity contribution in [2.75, 3.05) is 6.54 Å². The fourth-order valence-corrected chi connectivity index (χ4v) is 1.51. The van der Waals surface area contributed by atoms with E-state index in [1.807, 2.05) is 13.8 Å². The highest BCUT2D eigenvalue weighted by Crippen LogP contribution is 2.14. The molecule has 0 atom stereocenters. The van der Waals surface area contributed by atoms with Crippen LogP contribution in [0.5, 0.6) is 0 Å². The molecule has 0 saturated heterocycles. The molecule has 0 heterocycles. The van der Waals surface area contributed by atoms with Gasteiger partial charge in [-0.1, -0.05) is 11.6 Å². The predicted molar refractivity (Wildman–Crippen MR) is 66.0 cm³/mol. The van der Waals surface area contributed by atoms with Crippen LogP contribution in [0.1, 0.15) is 25.8 Å². The SMILES string of the molecule is CC(C)(N)CCNCc1cc(Cl)ccc1F. The Morgan fingerprint density at radius 2 is 2.12 bits per heavy atom. The van der Waals surface area contributed by atoms with E-state index in [4.69, 9.17) is 17.3 Å². The maximum atomic E-state index is 13.3. The quantitative estimate of drug-likeness (QED) is 0.782. The van der Waals surface area contributed by atoms with E-state index in [9.17, 15) is 4.39 Å². The van der Waals surface area contributed by atoms with E-state index in [1.165, 1.54) is 6.07 Å². The Kier molecular flexibility index (Phi) is 4.71. The lowest BCUT2D eigenvalue weighted by Gasteiger charge is -2.18. The predicted octanol–water partition coefficient (Wildman–Crippen LogP) is 2.70. The fraction of sp³-hybridized carbons (Fsp3) is 0.500. The Morgan fingerprint density at radius 3 is 2.75 bits per heavy atom. The van der Waals surface area contributed by atoms with Crippen molar-refractivity contribution in [3.05, 3.63) is 34.6 Å². The van der Waals surface area contributed by atoms with Gasteiger partial charge >= 0.3 is 0 Å². The molecular formula is C12H18ClFN2. The van der Waals surface area contributed by atoms with E-state index in [-0.39, 0.29) is 11.4 Å². The Labute approximate surface area is 101 Å². The number of nitrogens with one attached hydrogen (secondary N) is 1. The molecule has 0 fully saturated rings. The van der Waals surface area contributed by atoms with Crippen LogP contribution in [-0.2, 0) is 6.54 Å². The molecule has 0 unspecified atom stereocenters. The van der Waals surface area contributed by atoms with Gasteiger partial charge in [-0.25, -0.2) is 4.39 Å². The number of nitrogens with two attached hydrogens (primary N) is 1. The molecule has 2 nitrogen and oxygen atoms in total. The zero-order chi connectivity index (χ0) is 12.2. The minimum absolute atomic E-state index is 0.195. The molecule has 0 saturated carbocycles. The minimum Gasteiger partial charge on any atom is -0.326 e. The first kappa shape index (κ1) is 13.4. The first-order valence-corrected chi connectivity index (χ1v) is 5.70. The normalized spacial score (nSPS) is 11.8. The molecule has 1 rings (SSSR count). The molecule has 0 amide bonds. The highest BCUT2D eigenvalue weighted by atomic mass is 35.5. The highest BCUT2D eigenvalue weighted by Gasteiger charge is 2.09. The first-order valence-electron chi connectivity index (χ1n) is 5.32. The molecule has 1 aromatic carbocycles. The molecule has 0 radical (unpaired) electrons. The summed E-state index contributed by atoms with van der Waals surface area (Å²) in [5, 5.41) is 3.70. The van der Waals surface area contributed by atoms with Gasteiger partial charge in [0.2, 0.25) is 0 Å². The van der Waals surface area contributed by atoms with Crippen molar-refractivity contribution in [1.82, 2.24) is 5.32 Å². The van der Waals surface area contributed by atoms with Crippen LogP contribution in [0.3, 0.4) is 0 Å². The third kappa shape index (κ3) is 4.92. The Balaban J connectivity index is 2.40. The largest absolute Gasteiger partial charge is 0.326 e. The van der Waals surface area contributed by atoms with Crippen molar-refractivity contribution in [2.24, 2.45) is 5.73 Å². The summed E-state index contributed by atoms with van der Waals surface area (Å²) in [4.78, 5) is 0. The Morgan fingerprint density at radius 1 is 1.44 bits per heavy atom. The molecule has 3 N–H and O–H groups in total. The molecule has 16 heavy (non-hydrogen) atoms. The lowest BCUT2D eigenvalue weighted by atomic mass is 10.0. The highest BCUT2D eigenvalue weighted by molar-refractivity contribution is 6.30. The van der Waals surface area contributed by atoms with Gasteiger partial charge in [-0.05, 0) is 45.0 Å². The third-order valence-corrected chi connectivity index (χ3v) is 2.50. The lowest BCUT2D eigenvalue weighted by Crippen LogP contribution is -2.35.